The van der Waals surface area contributed by atoms with Crippen LogP contribution in [0.15, 0.2) is 0 Å². The number of hydrogen-bond donors (Lipinski definition) is 0. The first-order valence-electron chi connectivity index (χ1n) is 8.54. The molecule has 0 aliphatic carbocycles. The third-order valence-corrected chi connectivity index (χ3v) is 5.07. The molecule has 0 rings (SSSR count). The largest absolute Gasteiger partial charge is 0.455 e. The zero-order valence-corrected chi connectivity index (χ0v) is 17.0. The van der Waals surface area contributed by atoms with Crippen molar-refractivity contribution in [3.8, 4) is 0 Å². The van der Waals surface area contributed by atoms with Gasteiger partial charge in [0, 0.05) is 0 Å². The summed E-state index contributed by atoms with van der Waals surface area (Å²) >= 11 is 0. The number of esters is 2. The minimum absolute atomic E-state index is 0.482. The molecule has 0 amide bonds. The number of hydrogen-bond acceptors (Lipinski definition) is 4. The highest BCUT2D eigenvalue weighted by molar-refractivity contribution is 5.81. The van der Waals surface area contributed by atoms with Crippen LogP contribution in [-0.4, -0.2) is 36.7 Å². The van der Waals surface area contributed by atoms with E-state index in [4.69, 9.17) is 4.74 Å². The topological polar surface area (TPSA) is 52.6 Å². The summed E-state index contributed by atoms with van der Waals surface area (Å²) in [5, 5.41) is 0. The van der Waals surface area contributed by atoms with E-state index >= 15 is 0 Å². The van der Waals surface area contributed by atoms with Gasteiger partial charge in [0.2, 0.25) is 0 Å². The maximum Gasteiger partial charge on any atom is 0.422 e. The lowest BCUT2D eigenvalue weighted by molar-refractivity contribution is -0.222. The molecule has 0 aliphatic rings. The van der Waals surface area contributed by atoms with Crippen LogP contribution in [0.1, 0.15) is 61.8 Å². The normalized spacial score (nSPS) is 15.3. The van der Waals surface area contributed by atoms with E-state index in [0.29, 0.717) is 0 Å². The number of alkyl halides is 5. The van der Waals surface area contributed by atoms with Gasteiger partial charge in [-0.25, -0.2) is 4.79 Å². The zero-order valence-electron chi connectivity index (χ0n) is 17.0. The lowest BCUT2D eigenvalue weighted by atomic mass is 9.55. The Morgan fingerprint density at radius 2 is 1.22 bits per heavy atom. The Morgan fingerprint density at radius 3 is 1.52 bits per heavy atom. The molecule has 9 heteroatoms. The van der Waals surface area contributed by atoms with Crippen LogP contribution >= 0.6 is 0 Å². The van der Waals surface area contributed by atoms with Crippen molar-refractivity contribution in [3.05, 3.63) is 0 Å². The van der Waals surface area contributed by atoms with E-state index in [1.807, 2.05) is 0 Å². The van der Waals surface area contributed by atoms with Crippen molar-refractivity contribution in [2.45, 2.75) is 80.0 Å². The van der Waals surface area contributed by atoms with Crippen molar-refractivity contribution in [3.63, 3.8) is 0 Å². The van der Waals surface area contributed by atoms with Gasteiger partial charge >= 0.3 is 24.0 Å². The summed E-state index contributed by atoms with van der Waals surface area (Å²) in [6.07, 6.45) is -7.67. The molecular weight excluding hydrogens is 375 g/mol. The molecule has 0 spiro atoms. The average molecular weight is 404 g/mol. The molecule has 0 heterocycles. The van der Waals surface area contributed by atoms with Crippen LogP contribution in [-0.2, 0) is 19.1 Å². The second-order valence-corrected chi connectivity index (χ2v) is 8.74. The molecule has 0 aromatic rings. The van der Waals surface area contributed by atoms with Crippen molar-refractivity contribution in [2.24, 2.45) is 16.2 Å². The summed E-state index contributed by atoms with van der Waals surface area (Å²) in [6, 6.07) is 0. The Balaban J connectivity index is 5.63. The van der Waals surface area contributed by atoms with E-state index in [9.17, 15) is 31.5 Å². The molecule has 0 aromatic carbocycles. The monoisotopic (exact) mass is 404 g/mol. The van der Waals surface area contributed by atoms with Crippen LogP contribution in [0, 0.1) is 16.2 Å². The van der Waals surface area contributed by atoms with Crippen molar-refractivity contribution < 1.29 is 41.0 Å². The van der Waals surface area contributed by atoms with E-state index in [1.54, 1.807) is 48.5 Å². The van der Waals surface area contributed by atoms with Gasteiger partial charge in [0.25, 0.3) is 0 Å². The number of carbonyl (C=O) groups excluding carboxylic acids is 2. The van der Waals surface area contributed by atoms with Gasteiger partial charge in [-0.3, -0.25) is 4.79 Å². The minimum atomic E-state index is -4.94. The molecule has 0 N–H and O–H groups in total. The predicted octanol–water partition coefficient (Wildman–Crippen LogP) is 5.15. The number of halogens is 5. The smallest absolute Gasteiger partial charge is 0.422 e. The average Bonchev–Trinajstić information content (AvgIpc) is 2.45. The molecule has 1 atom stereocenters. The van der Waals surface area contributed by atoms with Crippen LogP contribution in [0.3, 0.4) is 0 Å². The molecule has 1 unspecified atom stereocenters. The SMILES string of the molecule is CCC(OC(=O)C(C)(C(C)(C)C)C(C)(C)C)C(F)(F)C(=O)OCC(F)(F)F. The Bertz CT molecular complexity index is 527. The molecule has 4 nitrogen and oxygen atoms in total. The van der Waals surface area contributed by atoms with Gasteiger partial charge in [-0.1, -0.05) is 48.5 Å². The molecule has 0 fully saturated rings. The fourth-order valence-electron chi connectivity index (χ4n) is 2.77. The summed E-state index contributed by atoms with van der Waals surface area (Å²) in [4.78, 5) is 24.3. The highest BCUT2D eigenvalue weighted by Gasteiger charge is 2.57. The Hall–Kier alpha value is -1.41. The fraction of sp³-hybridized carbons (Fsp3) is 0.889. The fourth-order valence-corrected chi connectivity index (χ4v) is 2.77. The second kappa shape index (κ2) is 7.91. The van der Waals surface area contributed by atoms with E-state index < -0.39 is 59.4 Å². The Kier molecular flexibility index (Phi) is 7.50. The molecule has 0 saturated carbocycles. The number of carbonyl (C=O) groups is 2. The van der Waals surface area contributed by atoms with Crippen LogP contribution in [0.4, 0.5) is 22.0 Å². The standard InChI is InChI=1S/C18H29F5O4/c1-9-11(18(22,23)13(25)26-10-17(19,20)21)27-12(24)16(8,14(2,3)4)15(5,6)7/h11H,9-10H2,1-8H3. The molecule has 0 aliphatic heterocycles. The minimum Gasteiger partial charge on any atom is -0.455 e. The van der Waals surface area contributed by atoms with E-state index in [1.165, 1.54) is 6.92 Å². The lowest BCUT2D eigenvalue weighted by Gasteiger charge is -2.49. The first kappa shape index (κ1) is 25.6. The lowest BCUT2D eigenvalue weighted by Crippen LogP contribution is -2.54. The molecule has 0 aromatic heterocycles. The van der Waals surface area contributed by atoms with Crippen LogP contribution in [0.25, 0.3) is 0 Å². The summed E-state index contributed by atoms with van der Waals surface area (Å²) < 4.78 is 73.5. The molecular formula is C18H29F5O4. The van der Waals surface area contributed by atoms with E-state index in [0.717, 1.165) is 0 Å². The first-order valence-corrected chi connectivity index (χ1v) is 8.54. The molecule has 27 heavy (non-hydrogen) atoms. The molecule has 0 saturated heterocycles. The number of rotatable bonds is 6. The summed E-state index contributed by atoms with van der Waals surface area (Å²) in [6.45, 7) is 11.1. The summed E-state index contributed by atoms with van der Waals surface area (Å²) in [5.41, 5.74) is -2.60. The van der Waals surface area contributed by atoms with Crippen molar-refractivity contribution in [1.29, 1.82) is 0 Å². The maximum atomic E-state index is 14.3. The Labute approximate surface area is 156 Å². The van der Waals surface area contributed by atoms with Crippen LogP contribution < -0.4 is 0 Å². The van der Waals surface area contributed by atoms with Gasteiger partial charge in [-0.05, 0) is 24.2 Å². The maximum absolute atomic E-state index is 14.3. The summed E-state index contributed by atoms with van der Waals surface area (Å²) in [7, 11) is 0. The van der Waals surface area contributed by atoms with Gasteiger partial charge in [-0.2, -0.15) is 22.0 Å². The Morgan fingerprint density at radius 1 is 0.815 bits per heavy atom. The first-order chi connectivity index (χ1) is 11.7. The van der Waals surface area contributed by atoms with Crippen LogP contribution in [0.5, 0.6) is 0 Å². The third-order valence-electron chi connectivity index (χ3n) is 5.07. The van der Waals surface area contributed by atoms with Gasteiger partial charge in [0.05, 0.1) is 5.41 Å². The van der Waals surface area contributed by atoms with E-state index in [-0.39, 0.29) is 0 Å². The van der Waals surface area contributed by atoms with Gasteiger partial charge in [0.15, 0.2) is 12.7 Å². The second-order valence-electron chi connectivity index (χ2n) is 8.74. The quantitative estimate of drug-likeness (QED) is 0.454. The zero-order chi connectivity index (χ0) is 22.1. The highest BCUT2D eigenvalue weighted by atomic mass is 19.4. The van der Waals surface area contributed by atoms with E-state index in [2.05, 4.69) is 4.74 Å². The molecule has 160 valence electrons. The predicted molar refractivity (Wildman–Crippen MR) is 89.1 cm³/mol. The highest BCUT2D eigenvalue weighted by Crippen LogP contribution is 2.52. The summed E-state index contributed by atoms with van der Waals surface area (Å²) in [5.74, 6) is -7.75. The molecule has 0 bridgehead atoms. The van der Waals surface area contributed by atoms with Gasteiger partial charge in [0.1, 0.15) is 0 Å². The molecule has 0 radical (unpaired) electrons. The third kappa shape index (κ3) is 5.78. The van der Waals surface area contributed by atoms with Crippen molar-refractivity contribution >= 4 is 11.9 Å². The van der Waals surface area contributed by atoms with Crippen molar-refractivity contribution in [1.82, 2.24) is 0 Å². The van der Waals surface area contributed by atoms with Crippen LogP contribution in [0.2, 0.25) is 0 Å². The van der Waals surface area contributed by atoms with Gasteiger partial charge in [-0.15, -0.1) is 0 Å². The van der Waals surface area contributed by atoms with Gasteiger partial charge < -0.3 is 9.47 Å². The number of ether oxygens (including phenoxy) is 2. The van der Waals surface area contributed by atoms with Crippen molar-refractivity contribution in [2.75, 3.05) is 6.61 Å².